The van der Waals surface area contributed by atoms with Crippen LogP contribution in [0, 0.1) is 0 Å². The smallest absolute Gasteiger partial charge is 0.163 e. The van der Waals surface area contributed by atoms with E-state index in [9.17, 15) is 0 Å². The highest BCUT2D eigenvalue weighted by Crippen LogP contribution is 2.38. The fourth-order valence-corrected chi connectivity index (χ4v) is 3.63. The fraction of sp³-hybridized carbons (Fsp3) is 0.500. The maximum absolute atomic E-state index is 5.59. The first-order chi connectivity index (χ1) is 8.33. The van der Waals surface area contributed by atoms with Gasteiger partial charge in [0.1, 0.15) is 13.2 Å². The van der Waals surface area contributed by atoms with Crippen molar-refractivity contribution in [3.63, 3.8) is 0 Å². The minimum Gasteiger partial charge on any atom is -0.486 e. The summed E-state index contributed by atoms with van der Waals surface area (Å²) in [6.07, 6.45) is 1.23. The quantitative estimate of drug-likeness (QED) is 0.908. The Morgan fingerprint density at radius 2 is 2.00 bits per heavy atom. The van der Waals surface area contributed by atoms with Crippen LogP contribution in [0.3, 0.4) is 0 Å². The molecule has 0 aromatic heterocycles. The summed E-state index contributed by atoms with van der Waals surface area (Å²) in [4.78, 5) is 0. The molecule has 1 N–H and O–H groups in total. The SMILES string of the molecule is Brc1cc2c(cc1NC1CCSC1)OCCO2. The summed E-state index contributed by atoms with van der Waals surface area (Å²) in [5.41, 5.74) is 1.10. The van der Waals surface area contributed by atoms with Gasteiger partial charge in [-0.2, -0.15) is 11.8 Å². The van der Waals surface area contributed by atoms with Gasteiger partial charge >= 0.3 is 0 Å². The average molecular weight is 316 g/mol. The summed E-state index contributed by atoms with van der Waals surface area (Å²) in [6, 6.07) is 4.58. The van der Waals surface area contributed by atoms with Crippen molar-refractivity contribution in [1.29, 1.82) is 0 Å². The molecule has 92 valence electrons. The third-order valence-electron chi connectivity index (χ3n) is 2.92. The number of halogens is 1. The van der Waals surface area contributed by atoms with Crippen molar-refractivity contribution in [3.8, 4) is 11.5 Å². The van der Waals surface area contributed by atoms with Crippen LogP contribution in [-0.4, -0.2) is 30.8 Å². The molecule has 2 heterocycles. The monoisotopic (exact) mass is 315 g/mol. The molecule has 3 rings (SSSR count). The molecule has 3 nitrogen and oxygen atoms in total. The lowest BCUT2D eigenvalue weighted by molar-refractivity contribution is 0.171. The number of hydrogen-bond acceptors (Lipinski definition) is 4. The molecule has 1 aromatic rings. The molecular weight excluding hydrogens is 302 g/mol. The normalized spacial score (nSPS) is 22.5. The second kappa shape index (κ2) is 4.98. The molecule has 5 heteroatoms. The van der Waals surface area contributed by atoms with E-state index in [1.54, 1.807) is 0 Å². The zero-order valence-electron chi connectivity index (χ0n) is 9.37. The Bertz CT molecular complexity index is 421. The van der Waals surface area contributed by atoms with E-state index in [4.69, 9.17) is 9.47 Å². The number of benzene rings is 1. The lowest BCUT2D eigenvalue weighted by Crippen LogP contribution is -2.19. The van der Waals surface area contributed by atoms with Crippen molar-refractivity contribution >= 4 is 33.4 Å². The predicted molar refractivity (Wildman–Crippen MR) is 74.5 cm³/mol. The van der Waals surface area contributed by atoms with Crippen LogP contribution in [0.25, 0.3) is 0 Å². The van der Waals surface area contributed by atoms with Gasteiger partial charge in [0.05, 0.1) is 5.69 Å². The summed E-state index contributed by atoms with van der Waals surface area (Å²) in [7, 11) is 0. The molecule has 17 heavy (non-hydrogen) atoms. The lowest BCUT2D eigenvalue weighted by atomic mass is 10.2. The second-order valence-corrected chi connectivity index (χ2v) is 6.18. The molecule has 2 aliphatic rings. The first-order valence-electron chi connectivity index (χ1n) is 5.76. The van der Waals surface area contributed by atoms with Gasteiger partial charge in [-0.05, 0) is 28.1 Å². The summed E-state index contributed by atoms with van der Waals surface area (Å²) in [5.74, 6) is 4.10. The minimum atomic E-state index is 0.568. The second-order valence-electron chi connectivity index (χ2n) is 4.18. The van der Waals surface area contributed by atoms with Crippen molar-refractivity contribution in [3.05, 3.63) is 16.6 Å². The molecule has 0 radical (unpaired) electrons. The van der Waals surface area contributed by atoms with Crippen LogP contribution >= 0.6 is 27.7 Å². The van der Waals surface area contributed by atoms with Crippen LogP contribution in [-0.2, 0) is 0 Å². The van der Waals surface area contributed by atoms with Crippen LogP contribution in [0.4, 0.5) is 5.69 Å². The Morgan fingerprint density at radius 3 is 2.71 bits per heavy atom. The first kappa shape index (κ1) is 11.5. The summed E-state index contributed by atoms with van der Waals surface area (Å²) in [6.45, 7) is 1.26. The van der Waals surface area contributed by atoms with Gasteiger partial charge in [-0.25, -0.2) is 0 Å². The van der Waals surface area contributed by atoms with Gasteiger partial charge in [-0.15, -0.1) is 0 Å². The van der Waals surface area contributed by atoms with Gasteiger partial charge in [0.25, 0.3) is 0 Å². The van der Waals surface area contributed by atoms with Gasteiger partial charge in [-0.3, -0.25) is 0 Å². The molecular formula is C12H14BrNO2S. The highest BCUT2D eigenvalue weighted by atomic mass is 79.9. The van der Waals surface area contributed by atoms with Gasteiger partial charge in [0.2, 0.25) is 0 Å². The van der Waals surface area contributed by atoms with Crippen LogP contribution in [0.1, 0.15) is 6.42 Å². The Hall–Kier alpha value is -0.550. The van der Waals surface area contributed by atoms with Crippen LogP contribution in [0.2, 0.25) is 0 Å². The molecule has 1 unspecified atom stereocenters. The van der Waals surface area contributed by atoms with Crippen molar-refractivity contribution in [2.75, 3.05) is 30.0 Å². The topological polar surface area (TPSA) is 30.5 Å². The number of thioether (sulfide) groups is 1. The molecule has 2 aliphatic heterocycles. The number of nitrogens with one attached hydrogen (secondary N) is 1. The number of fused-ring (bicyclic) bond motifs is 1. The molecule has 1 atom stereocenters. The third kappa shape index (κ3) is 2.50. The van der Waals surface area contributed by atoms with Crippen LogP contribution < -0.4 is 14.8 Å². The minimum absolute atomic E-state index is 0.568. The van der Waals surface area contributed by atoms with Gasteiger partial charge in [0, 0.05) is 28.4 Å². The van der Waals surface area contributed by atoms with E-state index >= 15 is 0 Å². The largest absolute Gasteiger partial charge is 0.486 e. The highest BCUT2D eigenvalue weighted by molar-refractivity contribution is 9.10. The molecule has 0 aliphatic carbocycles. The maximum Gasteiger partial charge on any atom is 0.163 e. The standard InChI is InChI=1S/C12H14BrNO2S/c13-9-5-11-12(16-3-2-15-11)6-10(9)14-8-1-4-17-7-8/h5-6,8,14H,1-4,7H2. The number of anilines is 1. The van der Waals surface area contributed by atoms with Crippen molar-refractivity contribution in [1.82, 2.24) is 0 Å². The van der Waals surface area contributed by atoms with Crippen LogP contribution in [0.15, 0.2) is 16.6 Å². The van der Waals surface area contributed by atoms with E-state index < -0.39 is 0 Å². The zero-order valence-corrected chi connectivity index (χ0v) is 11.8. The molecule has 1 fully saturated rings. The molecule has 1 saturated heterocycles. The van der Waals surface area contributed by atoms with Gasteiger partial charge < -0.3 is 14.8 Å². The third-order valence-corrected chi connectivity index (χ3v) is 4.74. The molecule has 0 saturated carbocycles. The maximum atomic E-state index is 5.59. The van der Waals surface area contributed by atoms with E-state index in [0.717, 1.165) is 21.7 Å². The molecule has 0 amide bonds. The predicted octanol–water partition coefficient (Wildman–Crippen LogP) is 3.14. The lowest BCUT2D eigenvalue weighted by Gasteiger charge is -2.21. The Labute approximate surface area is 113 Å². The zero-order chi connectivity index (χ0) is 11.7. The van der Waals surface area contributed by atoms with E-state index in [1.807, 2.05) is 23.9 Å². The van der Waals surface area contributed by atoms with E-state index in [1.165, 1.54) is 17.9 Å². The average Bonchev–Trinajstić information content (AvgIpc) is 2.83. The van der Waals surface area contributed by atoms with E-state index in [-0.39, 0.29) is 0 Å². The van der Waals surface area contributed by atoms with Gasteiger partial charge in [0.15, 0.2) is 11.5 Å². The van der Waals surface area contributed by atoms with Gasteiger partial charge in [-0.1, -0.05) is 0 Å². The molecule has 1 aromatic carbocycles. The Morgan fingerprint density at radius 1 is 1.24 bits per heavy atom. The van der Waals surface area contributed by atoms with Crippen molar-refractivity contribution in [2.45, 2.75) is 12.5 Å². The van der Waals surface area contributed by atoms with Crippen molar-refractivity contribution < 1.29 is 9.47 Å². The number of hydrogen-bond donors (Lipinski definition) is 1. The van der Waals surface area contributed by atoms with Crippen LogP contribution in [0.5, 0.6) is 11.5 Å². The fourth-order valence-electron chi connectivity index (χ4n) is 2.04. The first-order valence-corrected chi connectivity index (χ1v) is 7.71. The number of ether oxygens (including phenoxy) is 2. The molecule has 0 bridgehead atoms. The van der Waals surface area contributed by atoms with Crippen molar-refractivity contribution in [2.24, 2.45) is 0 Å². The Kier molecular flexibility index (Phi) is 3.38. The number of rotatable bonds is 2. The Balaban J connectivity index is 1.83. The summed E-state index contributed by atoms with van der Waals surface area (Å²) < 4.78 is 12.2. The van der Waals surface area contributed by atoms with E-state index in [2.05, 4.69) is 21.2 Å². The molecule has 0 spiro atoms. The van der Waals surface area contributed by atoms with E-state index in [0.29, 0.717) is 19.3 Å². The highest BCUT2D eigenvalue weighted by Gasteiger charge is 2.19. The summed E-state index contributed by atoms with van der Waals surface area (Å²) in [5, 5.41) is 3.56. The summed E-state index contributed by atoms with van der Waals surface area (Å²) >= 11 is 5.58.